The van der Waals surface area contributed by atoms with Crippen LogP contribution < -0.4 is 4.90 Å². The number of rotatable bonds is 6. The number of furan rings is 1. The van der Waals surface area contributed by atoms with Gasteiger partial charge in [-0.15, -0.1) is 0 Å². The highest BCUT2D eigenvalue weighted by atomic mass is 16.3. The number of hydrogen-bond acceptors (Lipinski definition) is 4. The number of hydrogen-bond donors (Lipinski definition) is 0. The summed E-state index contributed by atoms with van der Waals surface area (Å²) in [5.41, 5.74) is 12.2. The average Bonchev–Trinajstić information content (AvgIpc) is 3.54. The highest BCUT2D eigenvalue weighted by Gasteiger charge is 2.18. The van der Waals surface area contributed by atoms with E-state index < -0.39 is 0 Å². The number of nitrogens with zero attached hydrogens (tertiary/aromatic N) is 3. The monoisotopic (exact) mass is 629 g/mol. The standard InChI is InChI=1S/C45H31N3O/c1-30-28-46-41(26-39(30)32-12-3-2-4-13-32)33-16-9-18-35(24-33)48(43-22-11-15-31-14-5-6-20-37(31)43)36-19-10-17-34(25-36)42-27-40-38-21-7-8-23-44(38)49-45(40)29-47-42/h2-29H,1H3. The van der Waals surface area contributed by atoms with Crippen molar-refractivity contribution in [1.29, 1.82) is 0 Å². The molecule has 0 bridgehead atoms. The molecule has 0 aliphatic carbocycles. The fourth-order valence-electron chi connectivity index (χ4n) is 6.84. The molecule has 0 aliphatic heterocycles. The van der Waals surface area contributed by atoms with Gasteiger partial charge in [0.2, 0.25) is 0 Å². The molecule has 0 spiro atoms. The van der Waals surface area contributed by atoms with Crippen molar-refractivity contribution < 1.29 is 4.42 Å². The largest absolute Gasteiger partial charge is 0.454 e. The Labute approximate surface area is 284 Å². The third-order valence-corrected chi connectivity index (χ3v) is 9.26. The van der Waals surface area contributed by atoms with Crippen LogP contribution in [0.2, 0.25) is 0 Å². The Balaban J connectivity index is 1.20. The summed E-state index contributed by atoms with van der Waals surface area (Å²) in [7, 11) is 0. The van der Waals surface area contributed by atoms with E-state index in [0.717, 1.165) is 67.1 Å². The van der Waals surface area contributed by atoms with E-state index in [1.54, 1.807) is 0 Å². The molecule has 3 aromatic heterocycles. The van der Waals surface area contributed by atoms with Gasteiger partial charge in [-0.2, -0.15) is 0 Å². The number of aryl methyl sites for hydroxylation is 1. The highest BCUT2D eigenvalue weighted by Crippen LogP contribution is 2.42. The second kappa shape index (κ2) is 11.9. The molecule has 0 aliphatic rings. The number of anilines is 3. The third kappa shape index (κ3) is 5.20. The summed E-state index contributed by atoms with van der Waals surface area (Å²) in [6.07, 6.45) is 3.81. The van der Waals surface area contributed by atoms with Gasteiger partial charge in [0.25, 0.3) is 0 Å². The van der Waals surface area contributed by atoms with Crippen LogP contribution in [0.25, 0.3) is 66.4 Å². The number of aromatic nitrogens is 2. The van der Waals surface area contributed by atoms with Crippen molar-refractivity contribution in [1.82, 2.24) is 9.97 Å². The molecule has 6 aromatic carbocycles. The summed E-state index contributed by atoms with van der Waals surface area (Å²) in [5.74, 6) is 0. The van der Waals surface area contributed by atoms with Gasteiger partial charge in [0.15, 0.2) is 5.58 Å². The molecule has 0 unspecified atom stereocenters. The van der Waals surface area contributed by atoms with Crippen molar-refractivity contribution in [2.24, 2.45) is 0 Å². The van der Waals surface area contributed by atoms with Crippen molar-refractivity contribution in [2.45, 2.75) is 6.92 Å². The van der Waals surface area contributed by atoms with Gasteiger partial charge in [-0.25, -0.2) is 0 Å². The molecule has 0 saturated heterocycles. The Morgan fingerprint density at radius 2 is 1.08 bits per heavy atom. The number of para-hydroxylation sites is 1. The maximum Gasteiger partial charge on any atom is 0.153 e. The molecular formula is C45H31N3O. The van der Waals surface area contributed by atoms with Crippen LogP contribution >= 0.6 is 0 Å². The quantitative estimate of drug-likeness (QED) is 0.184. The number of benzene rings is 6. The summed E-state index contributed by atoms with van der Waals surface area (Å²) in [5, 5.41) is 4.51. The van der Waals surface area contributed by atoms with Crippen molar-refractivity contribution in [2.75, 3.05) is 4.90 Å². The molecule has 3 heterocycles. The molecule has 0 fully saturated rings. The first-order valence-electron chi connectivity index (χ1n) is 16.5. The van der Waals surface area contributed by atoms with Gasteiger partial charge in [-0.1, -0.05) is 109 Å². The molecule has 0 atom stereocenters. The summed E-state index contributed by atoms with van der Waals surface area (Å²) in [4.78, 5) is 12.1. The molecule has 49 heavy (non-hydrogen) atoms. The van der Waals surface area contributed by atoms with Crippen molar-refractivity contribution in [3.63, 3.8) is 0 Å². The molecule has 0 radical (unpaired) electrons. The van der Waals surface area contributed by atoms with E-state index >= 15 is 0 Å². The minimum absolute atomic E-state index is 0.787. The normalized spacial score (nSPS) is 11.4. The molecule has 9 rings (SSSR count). The molecule has 4 nitrogen and oxygen atoms in total. The van der Waals surface area contributed by atoms with Gasteiger partial charge in [-0.05, 0) is 77.5 Å². The number of fused-ring (bicyclic) bond motifs is 4. The lowest BCUT2D eigenvalue weighted by Gasteiger charge is -2.27. The third-order valence-electron chi connectivity index (χ3n) is 9.26. The maximum atomic E-state index is 6.07. The van der Waals surface area contributed by atoms with E-state index in [1.807, 2.05) is 30.6 Å². The van der Waals surface area contributed by atoms with Crippen molar-refractivity contribution >= 4 is 49.8 Å². The van der Waals surface area contributed by atoms with Crippen LogP contribution in [0.4, 0.5) is 17.1 Å². The Hall–Kier alpha value is -6.52. The summed E-state index contributed by atoms with van der Waals surface area (Å²) in [6.45, 7) is 2.12. The highest BCUT2D eigenvalue weighted by molar-refractivity contribution is 6.06. The van der Waals surface area contributed by atoms with Gasteiger partial charge in [0, 0.05) is 44.9 Å². The van der Waals surface area contributed by atoms with Crippen LogP contribution in [0, 0.1) is 6.92 Å². The summed E-state index contributed by atoms with van der Waals surface area (Å²) < 4.78 is 6.07. The van der Waals surface area contributed by atoms with Gasteiger partial charge < -0.3 is 9.32 Å². The molecule has 4 heteroatoms. The Bertz CT molecular complexity index is 2640. The lowest BCUT2D eigenvalue weighted by Crippen LogP contribution is -2.10. The fraction of sp³-hybridized carbons (Fsp3) is 0.0222. The zero-order chi connectivity index (χ0) is 32.7. The first-order chi connectivity index (χ1) is 24.2. The summed E-state index contributed by atoms with van der Waals surface area (Å²) >= 11 is 0. The first-order valence-corrected chi connectivity index (χ1v) is 16.5. The Morgan fingerprint density at radius 1 is 0.469 bits per heavy atom. The van der Waals surface area contributed by atoms with Crippen molar-refractivity contribution in [3.05, 3.63) is 176 Å². The van der Waals surface area contributed by atoms with Crippen LogP contribution in [-0.2, 0) is 0 Å². The van der Waals surface area contributed by atoms with Gasteiger partial charge in [-0.3, -0.25) is 9.97 Å². The maximum absolute atomic E-state index is 6.07. The predicted octanol–water partition coefficient (Wildman–Crippen LogP) is 12.3. The second-order valence-corrected chi connectivity index (χ2v) is 12.3. The fourth-order valence-corrected chi connectivity index (χ4v) is 6.84. The number of pyridine rings is 2. The van der Waals surface area contributed by atoms with Gasteiger partial charge in [0.1, 0.15) is 5.58 Å². The van der Waals surface area contributed by atoms with Crippen LogP contribution in [0.15, 0.2) is 175 Å². The van der Waals surface area contributed by atoms with E-state index in [-0.39, 0.29) is 0 Å². The first kappa shape index (κ1) is 28.7. The van der Waals surface area contributed by atoms with E-state index in [0.29, 0.717) is 0 Å². The van der Waals surface area contributed by atoms with E-state index in [2.05, 4.69) is 151 Å². The van der Waals surface area contributed by atoms with Crippen LogP contribution in [-0.4, -0.2) is 9.97 Å². The van der Waals surface area contributed by atoms with Gasteiger partial charge >= 0.3 is 0 Å². The molecule has 0 N–H and O–H groups in total. The predicted molar refractivity (Wildman–Crippen MR) is 203 cm³/mol. The SMILES string of the molecule is Cc1cnc(-c2cccc(N(c3cccc(-c4cc5c(cn4)oc4ccccc45)c3)c3cccc4ccccc34)c2)cc1-c1ccccc1. The topological polar surface area (TPSA) is 42.2 Å². The van der Waals surface area contributed by atoms with E-state index in [9.17, 15) is 0 Å². The zero-order valence-corrected chi connectivity index (χ0v) is 26.9. The zero-order valence-electron chi connectivity index (χ0n) is 26.9. The Morgan fingerprint density at radius 3 is 1.88 bits per heavy atom. The molecule has 0 amide bonds. The van der Waals surface area contributed by atoms with Gasteiger partial charge in [0.05, 0.1) is 23.3 Å². The average molecular weight is 630 g/mol. The second-order valence-electron chi connectivity index (χ2n) is 12.3. The molecule has 232 valence electrons. The minimum atomic E-state index is 0.787. The van der Waals surface area contributed by atoms with Crippen molar-refractivity contribution in [3.8, 4) is 33.6 Å². The minimum Gasteiger partial charge on any atom is -0.454 e. The molecule has 0 saturated carbocycles. The lowest BCUT2D eigenvalue weighted by molar-refractivity contribution is 0.667. The smallest absolute Gasteiger partial charge is 0.153 e. The summed E-state index contributed by atoms with van der Waals surface area (Å²) in [6, 6.07) is 55.3. The van der Waals surface area contributed by atoms with Crippen LogP contribution in [0.3, 0.4) is 0 Å². The van der Waals surface area contributed by atoms with E-state index in [4.69, 9.17) is 14.4 Å². The molecule has 9 aromatic rings. The van der Waals surface area contributed by atoms with E-state index in [1.165, 1.54) is 21.9 Å². The van der Waals surface area contributed by atoms with Crippen LogP contribution in [0.5, 0.6) is 0 Å². The molecular weight excluding hydrogens is 599 g/mol. The Kier molecular flexibility index (Phi) is 6.98. The van der Waals surface area contributed by atoms with Crippen LogP contribution in [0.1, 0.15) is 5.56 Å². The lowest BCUT2D eigenvalue weighted by atomic mass is 9.99.